The SMILES string of the molecule is CCCCN1C(=O)/C(=c2/sc3n(c2=O)[C@@H](c2ccc(F)cc2)C(C(=O)OCC)=C(C)N=3)c2ccccc21. The Morgan fingerprint density at radius 1 is 1.11 bits per heavy atom. The predicted octanol–water partition coefficient (Wildman–Crippen LogP) is 3.45. The Balaban J connectivity index is 1.78. The first-order valence-electron chi connectivity index (χ1n) is 12.3. The molecular formula is C28H26FN3O4S. The van der Waals surface area contributed by atoms with Crippen molar-refractivity contribution in [2.24, 2.45) is 4.99 Å². The Labute approximate surface area is 216 Å². The van der Waals surface area contributed by atoms with Gasteiger partial charge in [-0.15, -0.1) is 0 Å². The van der Waals surface area contributed by atoms with Crippen LogP contribution in [0, 0.1) is 5.82 Å². The van der Waals surface area contributed by atoms with E-state index in [9.17, 15) is 18.8 Å². The Bertz CT molecular complexity index is 1620. The number of aromatic nitrogens is 1. The number of carbonyl (C=O) groups excluding carboxylic acids is 2. The fourth-order valence-electron chi connectivity index (χ4n) is 4.84. The third-order valence-corrected chi connectivity index (χ3v) is 7.62. The number of esters is 1. The van der Waals surface area contributed by atoms with Gasteiger partial charge < -0.3 is 9.64 Å². The zero-order valence-electron chi connectivity index (χ0n) is 20.8. The topological polar surface area (TPSA) is 81.0 Å². The molecule has 0 saturated heterocycles. The van der Waals surface area contributed by atoms with Crippen molar-refractivity contribution in [3.63, 3.8) is 0 Å². The van der Waals surface area contributed by atoms with Gasteiger partial charge in [0.2, 0.25) is 0 Å². The molecule has 2 aromatic carbocycles. The van der Waals surface area contributed by atoms with Crippen LogP contribution in [-0.4, -0.2) is 29.6 Å². The highest BCUT2D eigenvalue weighted by molar-refractivity contribution is 7.07. The Morgan fingerprint density at radius 2 is 1.84 bits per heavy atom. The number of benzene rings is 2. The third kappa shape index (κ3) is 4.13. The van der Waals surface area contributed by atoms with E-state index in [2.05, 4.69) is 11.9 Å². The number of hydrogen-bond acceptors (Lipinski definition) is 6. The molecular weight excluding hydrogens is 493 g/mol. The van der Waals surface area contributed by atoms with Crippen molar-refractivity contribution >= 4 is 34.5 Å². The van der Waals surface area contributed by atoms with Crippen molar-refractivity contribution in [2.45, 2.75) is 39.7 Å². The average Bonchev–Trinajstić information content (AvgIpc) is 3.34. The van der Waals surface area contributed by atoms with Crippen LogP contribution in [0.1, 0.15) is 50.8 Å². The van der Waals surface area contributed by atoms with Crippen molar-refractivity contribution in [2.75, 3.05) is 18.1 Å². The third-order valence-electron chi connectivity index (χ3n) is 6.56. The molecule has 0 fully saturated rings. The molecule has 0 saturated carbocycles. The van der Waals surface area contributed by atoms with E-state index < -0.39 is 23.4 Å². The number of ether oxygens (including phenoxy) is 1. The second kappa shape index (κ2) is 9.89. The summed E-state index contributed by atoms with van der Waals surface area (Å²) in [4.78, 5) is 47.3. The molecule has 0 bridgehead atoms. The molecule has 0 radical (unpaired) electrons. The number of unbranched alkanes of at least 4 members (excludes halogenated alkanes) is 1. The molecule has 7 nitrogen and oxygen atoms in total. The number of amides is 1. The van der Waals surface area contributed by atoms with Crippen molar-refractivity contribution in [3.05, 3.63) is 96.4 Å². The summed E-state index contributed by atoms with van der Waals surface area (Å²) in [6.45, 7) is 6.15. The molecule has 2 aliphatic heterocycles. The fraction of sp³-hybridized carbons (Fsp3) is 0.286. The lowest BCUT2D eigenvalue weighted by Crippen LogP contribution is -2.41. The number of halogens is 1. The van der Waals surface area contributed by atoms with Crippen LogP contribution in [0.5, 0.6) is 0 Å². The smallest absolute Gasteiger partial charge is 0.338 e. The van der Waals surface area contributed by atoms with E-state index in [1.807, 2.05) is 24.3 Å². The molecule has 5 rings (SSSR count). The van der Waals surface area contributed by atoms with Gasteiger partial charge in [0.1, 0.15) is 10.3 Å². The van der Waals surface area contributed by atoms with Gasteiger partial charge >= 0.3 is 5.97 Å². The normalized spacial score (nSPS) is 18.0. The lowest BCUT2D eigenvalue weighted by Gasteiger charge is -2.24. The van der Waals surface area contributed by atoms with Gasteiger partial charge in [0.15, 0.2) is 4.80 Å². The summed E-state index contributed by atoms with van der Waals surface area (Å²) in [5.74, 6) is -1.25. The standard InChI is InChI=1S/C28H26FN3O4S/c1-4-6-15-31-20-10-8-7-9-19(20)22(25(31)33)24-26(34)32-23(17-11-13-18(29)14-12-17)21(27(35)36-5-2)16(3)30-28(32)37-24/h7-14,23H,4-6,15H2,1-3H3/b24-22+/t23-/m0/s1. The van der Waals surface area contributed by atoms with Crippen LogP contribution in [0.4, 0.5) is 10.1 Å². The van der Waals surface area contributed by atoms with Gasteiger partial charge in [-0.25, -0.2) is 14.2 Å². The second-order valence-corrected chi connectivity index (χ2v) is 9.85. The van der Waals surface area contributed by atoms with Crippen molar-refractivity contribution < 1.29 is 18.7 Å². The van der Waals surface area contributed by atoms with Crippen molar-refractivity contribution in [1.82, 2.24) is 4.57 Å². The van der Waals surface area contributed by atoms with E-state index in [1.165, 1.54) is 16.7 Å². The number of allylic oxidation sites excluding steroid dienone is 1. The maximum absolute atomic E-state index is 14.0. The monoisotopic (exact) mass is 519 g/mol. The minimum absolute atomic E-state index is 0.152. The van der Waals surface area contributed by atoms with E-state index >= 15 is 0 Å². The number of fused-ring (bicyclic) bond motifs is 2. The van der Waals surface area contributed by atoms with Gasteiger partial charge in [0.25, 0.3) is 11.5 Å². The molecule has 0 spiro atoms. The molecule has 190 valence electrons. The van der Waals surface area contributed by atoms with Gasteiger partial charge in [-0.1, -0.05) is 55.0 Å². The van der Waals surface area contributed by atoms with Crippen LogP contribution in [-0.2, 0) is 14.3 Å². The lowest BCUT2D eigenvalue weighted by atomic mass is 9.96. The van der Waals surface area contributed by atoms with E-state index in [-0.39, 0.29) is 22.6 Å². The quantitative estimate of drug-likeness (QED) is 0.467. The molecule has 2 aliphatic rings. The molecule has 3 heterocycles. The largest absolute Gasteiger partial charge is 0.463 e. The highest BCUT2D eigenvalue weighted by atomic mass is 32.1. The molecule has 0 aliphatic carbocycles. The number of nitrogens with zero attached hydrogens (tertiary/aromatic N) is 3. The number of rotatable bonds is 6. The highest BCUT2D eigenvalue weighted by Gasteiger charge is 2.37. The van der Waals surface area contributed by atoms with E-state index in [1.54, 1.807) is 30.9 Å². The van der Waals surface area contributed by atoms with E-state index in [0.717, 1.165) is 29.9 Å². The predicted molar refractivity (Wildman–Crippen MR) is 139 cm³/mol. The van der Waals surface area contributed by atoms with Gasteiger partial charge in [-0.2, -0.15) is 0 Å². The van der Waals surface area contributed by atoms with Gasteiger partial charge in [0.05, 0.1) is 35.2 Å². The average molecular weight is 520 g/mol. The summed E-state index contributed by atoms with van der Waals surface area (Å²) in [7, 11) is 0. The first kappa shape index (κ1) is 24.8. The Kier molecular flexibility index (Phi) is 6.64. The minimum Gasteiger partial charge on any atom is -0.463 e. The van der Waals surface area contributed by atoms with Crippen LogP contribution in [0.2, 0.25) is 0 Å². The van der Waals surface area contributed by atoms with Crippen LogP contribution in [0.3, 0.4) is 0 Å². The van der Waals surface area contributed by atoms with Crippen LogP contribution < -0.4 is 19.8 Å². The lowest BCUT2D eigenvalue weighted by molar-refractivity contribution is -0.139. The van der Waals surface area contributed by atoms with Gasteiger partial charge in [-0.05, 0) is 44.0 Å². The van der Waals surface area contributed by atoms with Crippen molar-refractivity contribution in [3.8, 4) is 0 Å². The first-order valence-corrected chi connectivity index (χ1v) is 13.1. The summed E-state index contributed by atoms with van der Waals surface area (Å²) in [5.41, 5.74) is 2.55. The molecule has 1 aromatic heterocycles. The zero-order valence-corrected chi connectivity index (χ0v) is 21.6. The molecule has 1 amide bonds. The van der Waals surface area contributed by atoms with Gasteiger partial charge in [0, 0.05) is 12.1 Å². The molecule has 9 heteroatoms. The number of thiazole rings is 1. The van der Waals surface area contributed by atoms with E-state index in [0.29, 0.717) is 33.7 Å². The second-order valence-electron chi connectivity index (χ2n) is 8.88. The van der Waals surface area contributed by atoms with Crippen molar-refractivity contribution in [1.29, 1.82) is 0 Å². The van der Waals surface area contributed by atoms with Crippen LogP contribution in [0.15, 0.2) is 69.6 Å². The summed E-state index contributed by atoms with van der Waals surface area (Å²) in [6.07, 6.45) is 1.76. The first-order chi connectivity index (χ1) is 17.9. The molecule has 0 N–H and O–H groups in total. The van der Waals surface area contributed by atoms with Crippen LogP contribution in [0.25, 0.3) is 5.57 Å². The summed E-state index contributed by atoms with van der Waals surface area (Å²) in [6, 6.07) is 12.2. The summed E-state index contributed by atoms with van der Waals surface area (Å²) >= 11 is 1.12. The number of para-hydroxylation sites is 1. The van der Waals surface area contributed by atoms with Gasteiger partial charge in [-0.3, -0.25) is 14.2 Å². The van der Waals surface area contributed by atoms with E-state index in [4.69, 9.17) is 4.74 Å². The zero-order chi connectivity index (χ0) is 26.3. The number of carbonyl (C=O) groups is 2. The Morgan fingerprint density at radius 3 is 2.54 bits per heavy atom. The number of hydrogen-bond donors (Lipinski definition) is 0. The summed E-state index contributed by atoms with van der Waals surface area (Å²) < 4.78 is 20.7. The molecule has 0 unspecified atom stereocenters. The Hall–Kier alpha value is -3.85. The minimum atomic E-state index is -0.867. The van der Waals surface area contributed by atoms with Crippen LogP contribution >= 0.6 is 11.3 Å². The number of anilines is 1. The maximum atomic E-state index is 14.0. The molecule has 37 heavy (non-hydrogen) atoms. The molecule has 3 aromatic rings. The highest BCUT2D eigenvalue weighted by Crippen LogP contribution is 2.36. The maximum Gasteiger partial charge on any atom is 0.338 e. The molecule has 1 atom stereocenters. The summed E-state index contributed by atoms with van der Waals surface area (Å²) in [5, 5.41) is 0. The fourth-order valence-corrected chi connectivity index (χ4v) is 5.98.